The minimum atomic E-state index is -0.299. The van der Waals surface area contributed by atoms with Gasteiger partial charge in [0.15, 0.2) is 0 Å². The highest BCUT2D eigenvalue weighted by Crippen LogP contribution is 2.15. The van der Waals surface area contributed by atoms with Crippen LogP contribution in [0.15, 0.2) is 24.3 Å². The standard InChI is InChI=1S/C17H24N2O4/c1-13(2)12-23-17(21)19-9-7-18(8-10-19)16(20)14-5-4-6-15(11-14)22-3/h4-6,11,13H,7-10,12H2,1-3H3. The maximum atomic E-state index is 12.5. The van der Waals surface area contributed by atoms with E-state index in [-0.39, 0.29) is 12.0 Å². The zero-order valence-corrected chi connectivity index (χ0v) is 13.9. The fourth-order valence-electron chi connectivity index (χ4n) is 2.36. The van der Waals surface area contributed by atoms with Crippen LogP contribution in [-0.4, -0.2) is 61.7 Å². The molecule has 0 aromatic heterocycles. The van der Waals surface area contributed by atoms with Gasteiger partial charge >= 0.3 is 6.09 Å². The lowest BCUT2D eigenvalue weighted by atomic mass is 10.1. The van der Waals surface area contributed by atoms with Crippen LogP contribution in [0.2, 0.25) is 0 Å². The van der Waals surface area contributed by atoms with Gasteiger partial charge in [0.25, 0.3) is 5.91 Å². The van der Waals surface area contributed by atoms with Gasteiger partial charge in [-0.15, -0.1) is 0 Å². The van der Waals surface area contributed by atoms with Gasteiger partial charge in [-0.3, -0.25) is 4.79 Å². The lowest BCUT2D eigenvalue weighted by Crippen LogP contribution is -2.50. The molecule has 2 amide bonds. The molecule has 1 aromatic rings. The Balaban J connectivity index is 1.88. The average molecular weight is 320 g/mol. The van der Waals surface area contributed by atoms with E-state index < -0.39 is 0 Å². The zero-order valence-electron chi connectivity index (χ0n) is 13.9. The van der Waals surface area contributed by atoms with Crippen LogP contribution in [0.5, 0.6) is 5.75 Å². The first-order chi connectivity index (χ1) is 11.0. The van der Waals surface area contributed by atoms with Crippen LogP contribution >= 0.6 is 0 Å². The van der Waals surface area contributed by atoms with Gasteiger partial charge in [-0.25, -0.2) is 4.79 Å². The van der Waals surface area contributed by atoms with E-state index in [9.17, 15) is 9.59 Å². The summed E-state index contributed by atoms with van der Waals surface area (Å²) in [5, 5.41) is 0. The molecule has 1 aromatic carbocycles. The minimum Gasteiger partial charge on any atom is -0.497 e. The Labute approximate surface area is 137 Å². The highest BCUT2D eigenvalue weighted by Gasteiger charge is 2.25. The van der Waals surface area contributed by atoms with Crippen LogP contribution in [0, 0.1) is 5.92 Å². The van der Waals surface area contributed by atoms with Gasteiger partial charge < -0.3 is 19.3 Å². The highest BCUT2D eigenvalue weighted by molar-refractivity contribution is 5.94. The van der Waals surface area contributed by atoms with Crippen molar-refractivity contribution in [2.24, 2.45) is 5.92 Å². The number of ether oxygens (including phenoxy) is 2. The summed E-state index contributed by atoms with van der Waals surface area (Å²) in [4.78, 5) is 27.8. The molecule has 0 spiro atoms. The van der Waals surface area contributed by atoms with Crippen molar-refractivity contribution in [2.45, 2.75) is 13.8 Å². The van der Waals surface area contributed by atoms with Gasteiger partial charge in [0.1, 0.15) is 5.75 Å². The lowest BCUT2D eigenvalue weighted by molar-refractivity contribution is 0.0535. The van der Waals surface area contributed by atoms with E-state index >= 15 is 0 Å². The van der Waals surface area contributed by atoms with Crippen molar-refractivity contribution in [3.05, 3.63) is 29.8 Å². The number of carbonyl (C=O) groups is 2. The lowest BCUT2D eigenvalue weighted by Gasteiger charge is -2.34. The van der Waals surface area contributed by atoms with E-state index in [0.29, 0.717) is 50.0 Å². The van der Waals surface area contributed by atoms with E-state index in [0.717, 1.165) is 0 Å². The van der Waals surface area contributed by atoms with Crippen LogP contribution in [0.25, 0.3) is 0 Å². The molecular formula is C17H24N2O4. The number of methoxy groups -OCH3 is 1. The molecule has 0 atom stereocenters. The predicted octanol–water partition coefficient (Wildman–Crippen LogP) is 2.25. The Morgan fingerprint density at radius 1 is 1.13 bits per heavy atom. The molecule has 0 saturated carbocycles. The summed E-state index contributed by atoms with van der Waals surface area (Å²) < 4.78 is 10.4. The number of benzene rings is 1. The Morgan fingerprint density at radius 2 is 1.78 bits per heavy atom. The highest BCUT2D eigenvalue weighted by atomic mass is 16.6. The molecule has 0 unspecified atom stereocenters. The summed E-state index contributed by atoms with van der Waals surface area (Å²) >= 11 is 0. The number of hydrogen-bond acceptors (Lipinski definition) is 4. The molecule has 1 heterocycles. The van der Waals surface area contributed by atoms with Crippen LogP contribution in [0.4, 0.5) is 4.79 Å². The fourth-order valence-corrected chi connectivity index (χ4v) is 2.36. The largest absolute Gasteiger partial charge is 0.497 e. The number of piperazine rings is 1. The molecule has 23 heavy (non-hydrogen) atoms. The average Bonchev–Trinajstić information content (AvgIpc) is 2.59. The molecule has 1 aliphatic rings. The third kappa shape index (κ3) is 4.61. The second-order valence-electron chi connectivity index (χ2n) is 5.98. The van der Waals surface area contributed by atoms with Gasteiger partial charge in [0.05, 0.1) is 13.7 Å². The normalized spacial score (nSPS) is 14.8. The van der Waals surface area contributed by atoms with Gasteiger partial charge in [0.2, 0.25) is 0 Å². The number of amides is 2. The number of hydrogen-bond donors (Lipinski definition) is 0. The molecule has 0 radical (unpaired) electrons. The first-order valence-corrected chi connectivity index (χ1v) is 7.86. The second kappa shape index (κ2) is 7.85. The molecule has 0 N–H and O–H groups in total. The quantitative estimate of drug-likeness (QED) is 0.854. The van der Waals surface area contributed by atoms with E-state index in [1.54, 1.807) is 41.2 Å². The second-order valence-corrected chi connectivity index (χ2v) is 5.98. The molecule has 6 nitrogen and oxygen atoms in total. The van der Waals surface area contributed by atoms with E-state index in [4.69, 9.17) is 9.47 Å². The van der Waals surface area contributed by atoms with Crippen molar-refractivity contribution in [1.29, 1.82) is 0 Å². The first-order valence-electron chi connectivity index (χ1n) is 7.86. The van der Waals surface area contributed by atoms with Crippen molar-refractivity contribution < 1.29 is 19.1 Å². The molecule has 0 bridgehead atoms. The topological polar surface area (TPSA) is 59.1 Å². The molecule has 126 valence electrons. The SMILES string of the molecule is COc1cccc(C(=O)N2CCN(C(=O)OCC(C)C)CC2)c1. The van der Waals surface area contributed by atoms with Crippen molar-refractivity contribution in [1.82, 2.24) is 9.80 Å². The molecule has 2 rings (SSSR count). The van der Waals surface area contributed by atoms with E-state index in [2.05, 4.69) is 0 Å². The maximum absolute atomic E-state index is 12.5. The minimum absolute atomic E-state index is 0.0425. The Morgan fingerprint density at radius 3 is 2.39 bits per heavy atom. The zero-order chi connectivity index (χ0) is 16.8. The number of rotatable bonds is 4. The first kappa shape index (κ1) is 17.1. The number of carbonyl (C=O) groups excluding carboxylic acids is 2. The third-order valence-corrected chi connectivity index (χ3v) is 3.68. The summed E-state index contributed by atoms with van der Waals surface area (Å²) in [6.07, 6.45) is -0.299. The summed E-state index contributed by atoms with van der Waals surface area (Å²) in [6.45, 7) is 6.41. The van der Waals surface area contributed by atoms with Crippen LogP contribution in [0.1, 0.15) is 24.2 Å². The predicted molar refractivity (Wildman–Crippen MR) is 86.7 cm³/mol. The third-order valence-electron chi connectivity index (χ3n) is 3.68. The van der Waals surface area contributed by atoms with Gasteiger partial charge in [-0.05, 0) is 24.1 Å². The van der Waals surface area contributed by atoms with Crippen LogP contribution in [-0.2, 0) is 4.74 Å². The van der Waals surface area contributed by atoms with Gasteiger partial charge in [-0.2, -0.15) is 0 Å². The van der Waals surface area contributed by atoms with Crippen molar-refractivity contribution in [3.8, 4) is 5.75 Å². The molecule has 1 aliphatic heterocycles. The van der Waals surface area contributed by atoms with Crippen molar-refractivity contribution in [3.63, 3.8) is 0 Å². The maximum Gasteiger partial charge on any atom is 0.409 e. The summed E-state index contributed by atoms with van der Waals surface area (Å²) in [5.74, 6) is 0.931. The Bertz CT molecular complexity index is 551. The van der Waals surface area contributed by atoms with Crippen molar-refractivity contribution >= 4 is 12.0 Å². The van der Waals surface area contributed by atoms with Gasteiger partial charge in [-0.1, -0.05) is 19.9 Å². The molecule has 1 saturated heterocycles. The number of nitrogens with zero attached hydrogens (tertiary/aromatic N) is 2. The summed E-state index contributed by atoms with van der Waals surface area (Å²) in [7, 11) is 1.57. The molecular weight excluding hydrogens is 296 g/mol. The van der Waals surface area contributed by atoms with Crippen LogP contribution < -0.4 is 4.74 Å². The Kier molecular flexibility index (Phi) is 5.84. The van der Waals surface area contributed by atoms with E-state index in [1.807, 2.05) is 13.8 Å². The Hall–Kier alpha value is -2.24. The van der Waals surface area contributed by atoms with Crippen molar-refractivity contribution in [2.75, 3.05) is 39.9 Å². The summed E-state index contributed by atoms with van der Waals surface area (Å²) in [5.41, 5.74) is 0.597. The smallest absolute Gasteiger partial charge is 0.409 e. The molecule has 6 heteroatoms. The van der Waals surface area contributed by atoms with E-state index in [1.165, 1.54) is 0 Å². The monoisotopic (exact) mass is 320 g/mol. The molecule has 0 aliphatic carbocycles. The fraction of sp³-hybridized carbons (Fsp3) is 0.529. The van der Waals surface area contributed by atoms with Crippen LogP contribution in [0.3, 0.4) is 0 Å². The summed E-state index contributed by atoms with van der Waals surface area (Å²) in [6, 6.07) is 7.10. The molecule has 1 fully saturated rings. The van der Waals surface area contributed by atoms with Gasteiger partial charge in [0, 0.05) is 31.7 Å².